The zero-order chi connectivity index (χ0) is 17.1. The van der Waals surface area contributed by atoms with Crippen LogP contribution in [-0.2, 0) is 16.1 Å². The highest BCUT2D eigenvalue weighted by Crippen LogP contribution is 2.18. The zero-order valence-corrected chi connectivity index (χ0v) is 13.7. The maximum Gasteiger partial charge on any atom is 0.246 e. The summed E-state index contributed by atoms with van der Waals surface area (Å²) in [5, 5.41) is 12.7. The number of benzene rings is 1. The van der Waals surface area contributed by atoms with E-state index in [1.807, 2.05) is 0 Å². The number of amides is 2. The molecule has 3 rings (SSSR count). The molecule has 0 unspecified atom stereocenters. The molecule has 1 aromatic heterocycles. The molecule has 0 bridgehead atoms. The number of hydrogen-bond donors (Lipinski definition) is 1. The second-order valence-electron chi connectivity index (χ2n) is 5.71. The number of carbonyl (C=O) groups is 2. The lowest BCUT2D eigenvalue weighted by Gasteiger charge is -2.30. The van der Waals surface area contributed by atoms with Crippen molar-refractivity contribution in [2.24, 2.45) is 11.7 Å². The van der Waals surface area contributed by atoms with Crippen LogP contribution >= 0.6 is 11.6 Å². The molecular formula is C15H17ClN6O2. The van der Waals surface area contributed by atoms with Gasteiger partial charge in [-0.05, 0) is 42.3 Å². The Bertz CT molecular complexity index is 737. The topological polar surface area (TPSA) is 107 Å². The first-order chi connectivity index (χ1) is 11.5. The van der Waals surface area contributed by atoms with Crippen LogP contribution in [0.4, 0.5) is 0 Å². The summed E-state index contributed by atoms with van der Waals surface area (Å²) in [6.07, 6.45) is 1.20. The number of primary amides is 1. The predicted octanol–water partition coefficient (Wildman–Crippen LogP) is 0.717. The van der Waals surface area contributed by atoms with Gasteiger partial charge in [0.2, 0.25) is 17.6 Å². The highest BCUT2D eigenvalue weighted by atomic mass is 35.5. The lowest BCUT2D eigenvalue weighted by Crippen LogP contribution is -2.43. The van der Waals surface area contributed by atoms with Crippen molar-refractivity contribution in [3.05, 3.63) is 29.3 Å². The number of aromatic nitrogens is 4. The standard InChI is InChI=1S/C15H17ClN6O2/c16-12-3-1-11(2-4-12)15-18-20-22(19-15)9-13(23)21-7-5-10(6-8-21)14(17)24/h1-4,10H,5-9H2,(H2,17,24). The highest BCUT2D eigenvalue weighted by Gasteiger charge is 2.26. The van der Waals surface area contributed by atoms with E-state index in [1.54, 1.807) is 29.2 Å². The molecule has 8 nitrogen and oxygen atoms in total. The first-order valence-electron chi connectivity index (χ1n) is 7.64. The van der Waals surface area contributed by atoms with Crippen molar-refractivity contribution in [2.45, 2.75) is 19.4 Å². The van der Waals surface area contributed by atoms with Gasteiger partial charge in [-0.25, -0.2) is 0 Å². The average molecular weight is 349 g/mol. The van der Waals surface area contributed by atoms with E-state index < -0.39 is 0 Å². The molecule has 1 saturated heterocycles. The van der Waals surface area contributed by atoms with Crippen molar-refractivity contribution in [2.75, 3.05) is 13.1 Å². The Kier molecular flexibility index (Phi) is 4.75. The van der Waals surface area contributed by atoms with Gasteiger partial charge in [-0.1, -0.05) is 11.6 Å². The number of hydrogen-bond acceptors (Lipinski definition) is 5. The summed E-state index contributed by atoms with van der Waals surface area (Å²) in [7, 11) is 0. The molecule has 9 heteroatoms. The molecule has 1 aliphatic heterocycles. The summed E-state index contributed by atoms with van der Waals surface area (Å²) >= 11 is 5.85. The maximum atomic E-state index is 12.3. The van der Waals surface area contributed by atoms with Crippen LogP contribution in [0.2, 0.25) is 5.02 Å². The molecule has 2 N–H and O–H groups in total. The third-order valence-corrected chi connectivity index (χ3v) is 4.33. The van der Waals surface area contributed by atoms with Crippen molar-refractivity contribution >= 4 is 23.4 Å². The fraction of sp³-hybridized carbons (Fsp3) is 0.400. The third kappa shape index (κ3) is 3.70. The Hall–Kier alpha value is -2.48. The Morgan fingerprint density at radius 2 is 1.88 bits per heavy atom. The van der Waals surface area contributed by atoms with Crippen LogP contribution < -0.4 is 5.73 Å². The maximum absolute atomic E-state index is 12.3. The molecule has 1 fully saturated rings. The summed E-state index contributed by atoms with van der Waals surface area (Å²) in [6.45, 7) is 1.05. The van der Waals surface area contributed by atoms with Crippen LogP contribution in [0.3, 0.4) is 0 Å². The molecule has 2 aromatic rings. The normalized spacial score (nSPS) is 15.5. The number of carbonyl (C=O) groups excluding carboxylic acids is 2. The Morgan fingerprint density at radius 3 is 2.50 bits per heavy atom. The highest BCUT2D eigenvalue weighted by molar-refractivity contribution is 6.30. The number of tetrazole rings is 1. The number of nitrogens with zero attached hydrogens (tertiary/aromatic N) is 5. The summed E-state index contributed by atoms with van der Waals surface area (Å²) in [4.78, 5) is 26.4. The smallest absolute Gasteiger partial charge is 0.246 e. The van der Waals surface area contributed by atoms with E-state index in [0.717, 1.165) is 5.56 Å². The van der Waals surface area contributed by atoms with Gasteiger partial charge < -0.3 is 10.6 Å². The molecule has 0 spiro atoms. The van der Waals surface area contributed by atoms with Crippen LogP contribution in [0.25, 0.3) is 11.4 Å². The van der Waals surface area contributed by atoms with E-state index >= 15 is 0 Å². The first kappa shape index (κ1) is 16.4. The molecule has 2 heterocycles. The number of rotatable bonds is 4. The molecule has 0 aliphatic carbocycles. The Balaban J connectivity index is 1.59. The molecule has 0 radical (unpaired) electrons. The van der Waals surface area contributed by atoms with Crippen molar-refractivity contribution in [1.29, 1.82) is 0 Å². The molecular weight excluding hydrogens is 332 g/mol. The zero-order valence-electron chi connectivity index (χ0n) is 12.9. The van der Waals surface area contributed by atoms with Gasteiger partial charge in [0.05, 0.1) is 0 Å². The number of likely N-dealkylation sites (tertiary alicyclic amines) is 1. The summed E-state index contributed by atoms with van der Waals surface area (Å²) in [5.41, 5.74) is 6.07. The van der Waals surface area contributed by atoms with Gasteiger partial charge in [0.1, 0.15) is 6.54 Å². The fourth-order valence-corrected chi connectivity index (χ4v) is 2.79. The fourth-order valence-electron chi connectivity index (χ4n) is 2.66. The quantitative estimate of drug-likeness (QED) is 0.875. The minimum atomic E-state index is -0.298. The Labute approximate surface area is 143 Å². The van der Waals surface area contributed by atoms with Crippen LogP contribution in [-0.4, -0.2) is 50.0 Å². The minimum absolute atomic E-state index is 0.0157. The molecule has 0 atom stereocenters. The molecule has 2 amide bonds. The largest absolute Gasteiger partial charge is 0.369 e. The second-order valence-corrected chi connectivity index (χ2v) is 6.14. The lowest BCUT2D eigenvalue weighted by atomic mass is 9.96. The van der Waals surface area contributed by atoms with E-state index in [1.165, 1.54) is 4.80 Å². The number of piperidine rings is 1. The summed E-state index contributed by atoms with van der Waals surface area (Å²) in [6, 6.07) is 7.07. The predicted molar refractivity (Wildman–Crippen MR) is 86.8 cm³/mol. The summed E-state index contributed by atoms with van der Waals surface area (Å²) < 4.78 is 0. The van der Waals surface area contributed by atoms with E-state index in [-0.39, 0.29) is 24.3 Å². The minimum Gasteiger partial charge on any atom is -0.369 e. The van der Waals surface area contributed by atoms with Gasteiger partial charge in [0.15, 0.2) is 0 Å². The average Bonchev–Trinajstić information content (AvgIpc) is 3.04. The first-order valence-corrected chi connectivity index (χ1v) is 8.01. The molecule has 1 aromatic carbocycles. The van der Waals surface area contributed by atoms with E-state index in [4.69, 9.17) is 17.3 Å². The van der Waals surface area contributed by atoms with Crippen LogP contribution in [0.1, 0.15) is 12.8 Å². The van der Waals surface area contributed by atoms with Crippen molar-refractivity contribution in [1.82, 2.24) is 25.1 Å². The van der Waals surface area contributed by atoms with E-state index in [9.17, 15) is 9.59 Å². The van der Waals surface area contributed by atoms with Gasteiger partial charge >= 0.3 is 0 Å². The van der Waals surface area contributed by atoms with E-state index in [0.29, 0.717) is 36.8 Å². The van der Waals surface area contributed by atoms with Gasteiger partial charge in [-0.15, -0.1) is 10.2 Å². The molecule has 0 saturated carbocycles. The van der Waals surface area contributed by atoms with Crippen LogP contribution in [0.5, 0.6) is 0 Å². The SMILES string of the molecule is NC(=O)C1CCN(C(=O)Cn2nnc(-c3ccc(Cl)cc3)n2)CC1. The number of halogens is 1. The van der Waals surface area contributed by atoms with Gasteiger partial charge in [0, 0.05) is 29.6 Å². The van der Waals surface area contributed by atoms with Crippen molar-refractivity contribution < 1.29 is 9.59 Å². The van der Waals surface area contributed by atoms with Crippen molar-refractivity contribution in [3.8, 4) is 11.4 Å². The van der Waals surface area contributed by atoms with E-state index in [2.05, 4.69) is 15.4 Å². The molecule has 126 valence electrons. The molecule has 24 heavy (non-hydrogen) atoms. The van der Waals surface area contributed by atoms with Crippen molar-refractivity contribution in [3.63, 3.8) is 0 Å². The monoisotopic (exact) mass is 348 g/mol. The number of nitrogens with two attached hydrogens (primary N) is 1. The van der Waals surface area contributed by atoms with Gasteiger partial charge in [-0.3, -0.25) is 9.59 Å². The second kappa shape index (κ2) is 6.96. The third-order valence-electron chi connectivity index (χ3n) is 4.08. The van der Waals surface area contributed by atoms with Crippen LogP contribution in [0.15, 0.2) is 24.3 Å². The Morgan fingerprint density at radius 1 is 1.21 bits per heavy atom. The van der Waals surface area contributed by atoms with Gasteiger partial charge in [0.25, 0.3) is 0 Å². The lowest BCUT2D eigenvalue weighted by molar-refractivity contribution is -0.135. The van der Waals surface area contributed by atoms with Gasteiger partial charge in [-0.2, -0.15) is 4.80 Å². The molecule has 1 aliphatic rings. The summed E-state index contributed by atoms with van der Waals surface area (Å²) in [5.74, 6) is -0.104. The van der Waals surface area contributed by atoms with Crippen LogP contribution in [0, 0.1) is 5.92 Å².